The highest BCUT2D eigenvalue weighted by Gasteiger charge is 2.25. The second-order valence-electron chi connectivity index (χ2n) is 29.5. The molecule has 0 saturated carbocycles. The van der Waals surface area contributed by atoms with E-state index in [9.17, 15) is 0 Å². The van der Waals surface area contributed by atoms with Crippen molar-refractivity contribution in [2.24, 2.45) is 0 Å². The van der Waals surface area contributed by atoms with Crippen molar-refractivity contribution in [1.29, 1.82) is 0 Å². The van der Waals surface area contributed by atoms with Crippen molar-refractivity contribution in [2.75, 3.05) is 0 Å². The van der Waals surface area contributed by atoms with Gasteiger partial charge in [-0.1, -0.05) is 267 Å². The first-order chi connectivity index (χ1) is 57.0. The van der Waals surface area contributed by atoms with Gasteiger partial charge in [0.15, 0.2) is 34.9 Å². The molecule has 25 aromatic rings. The van der Waals surface area contributed by atoms with E-state index in [1.165, 1.54) is 63.4 Å². The molecule has 0 aliphatic heterocycles. The maximum absolute atomic E-state index is 6.90. The summed E-state index contributed by atoms with van der Waals surface area (Å²) in [6.07, 6.45) is 0. The summed E-state index contributed by atoms with van der Waals surface area (Å²) >= 11 is 1.79. The van der Waals surface area contributed by atoms with Crippen molar-refractivity contribution in [3.05, 3.63) is 364 Å². The summed E-state index contributed by atoms with van der Waals surface area (Å²) in [7, 11) is 0. The van der Waals surface area contributed by atoms with E-state index >= 15 is 0 Å². The minimum atomic E-state index is 0.593. The highest BCUT2D eigenvalue weighted by molar-refractivity contribution is 7.26. The van der Waals surface area contributed by atoms with Crippen LogP contribution in [0.25, 0.3) is 241 Å². The Balaban J connectivity index is 0.000000133. The first-order valence-electron chi connectivity index (χ1n) is 38.6. The number of hydrogen-bond donors (Lipinski definition) is 0. The standard InChI is InChI=1S/C53H30N4OS.C51H30N4O/c1-2-14-32(15-3-1)51-54-52(40-21-12-24-47-50(40)39-20-9-11-23-46(39)59-47)56-53(55-51)41-30-45-49(36-18-7-6-17-35(36)41)38-27-26-33(29-44(38)58-45)57-42-22-10-8-19-37(42)48-34-16-5-4-13-31(34)25-28-43(48)57;1-3-13-33-27-35(23-21-31(33)11-1)49-52-50(36-24-22-32-12-2-4-14-34(32)28-36)54-51(53-49)43-30-47-48(41-18-6-5-15-38(41)43)42-26-25-37(29-46(42)56-47)55-44-19-9-7-16-39(44)40-17-8-10-20-45(40)55/h1-30H;1-30H. The Bertz CT molecular complexity index is 8250. The lowest BCUT2D eigenvalue weighted by Gasteiger charge is -2.12. The molecule has 0 fully saturated rings. The second-order valence-corrected chi connectivity index (χ2v) is 30.6. The molecule has 0 saturated heterocycles. The van der Waals surface area contributed by atoms with Crippen molar-refractivity contribution in [3.8, 4) is 79.7 Å². The molecule has 0 radical (unpaired) electrons. The van der Waals surface area contributed by atoms with Crippen LogP contribution in [0.5, 0.6) is 0 Å². The minimum absolute atomic E-state index is 0.593. The monoisotopic (exact) mass is 1480 g/mol. The van der Waals surface area contributed by atoms with Gasteiger partial charge in [-0.25, -0.2) is 29.9 Å². The Kier molecular flexibility index (Phi) is 14.4. The molecule has 0 aliphatic carbocycles. The predicted molar refractivity (Wildman–Crippen MR) is 476 cm³/mol. The van der Waals surface area contributed by atoms with Gasteiger partial charge in [0, 0.05) is 120 Å². The summed E-state index contributed by atoms with van der Waals surface area (Å²) in [5.41, 5.74) is 15.5. The van der Waals surface area contributed by atoms with Crippen LogP contribution in [0, 0.1) is 0 Å². The molecule has 0 atom stereocenters. The van der Waals surface area contributed by atoms with Crippen molar-refractivity contribution >= 4 is 173 Å². The summed E-state index contributed by atoms with van der Waals surface area (Å²) in [5, 5.41) is 23.0. The molecule has 0 unspecified atom stereocenters. The van der Waals surface area contributed by atoms with Crippen molar-refractivity contribution in [1.82, 2.24) is 39.0 Å². The van der Waals surface area contributed by atoms with E-state index < -0.39 is 0 Å². The molecular weight excluding hydrogens is 1430 g/mol. The van der Waals surface area contributed by atoms with Crippen molar-refractivity contribution in [2.45, 2.75) is 0 Å². The fraction of sp³-hybridized carbons (Fsp3) is 0. The molecule has 25 rings (SSSR count). The normalized spacial score (nSPS) is 12.0. The molecule has 0 amide bonds. The zero-order chi connectivity index (χ0) is 75.3. The summed E-state index contributed by atoms with van der Waals surface area (Å²) in [5.74, 6) is 3.69. The lowest BCUT2D eigenvalue weighted by molar-refractivity contribution is 0.668. The second kappa shape index (κ2) is 25.6. The molecule has 0 aliphatic rings. The van der Waals surface area contributed by atoms with Gasteiger partial charge < -0.3 is 18.0 Å². The van der Waals surface area contributed by atoms with Crippen molar-refractivity contribution in [3.63, 3.8) is 0 Å². The highest BCUT2D eigenvalue weighted by atomic mass is 32.1. The molecule has 7 aromatic heterocycles. The van der Waals surface area contributed by atoms with E-state index in [1.807, 2.05) is 18.2 Å². The molecule has 11 heteroatoms. The molecular formula is C104H60N8O2S. The molecule has 0 N–H and O–H groups in total. The van der Waals surface area contributed by atoms with Crippen LogP contribution in [0.1, 0.15) is 0 Å². The Hall–Kier alpha value is -15.3. The van der Waals surface area contributed by atoms with Crippen LogP contribution >= 0.6 is 11.3 Å². The van der Waals surface area contributed by atoms with Gasteiger partial charge in [-0.3, -0.25) is 0 Å². The van der Waals surface area contributed by atoms with Crippen LogP contribution in [0.3, 0.4) is 0 Å². The van der Waals surface area contributed by atoms with Gasteiger partial charge in [0.2, 0.25) is 0 Å². The Morgan fingerprint density at radius 3 is 1.18 bits per heavy atom. The molecule has 0 spiro atoms. The molecule has 18 aromatic carbocycles. The minimum Gasteiger partial charge on any atom is -0.456 e. The summed E-state index contributed by atoms with van der Waals surface area (Å²) < 4.78 is 20.9. The number of thiophene rings is 1. The number of nitrogens with zero attached hydrogens (tertiary/aromatic N) is 8. The van der Waals surface area contributed by atoms with E-state index in [-0.39, 0.29) is 0 Å². The number of para-hydroxylation sites is 3. The predicted octanol–water partition coefficient (Wildman–Crippen LogP) is 27.9. The molecule has 115 heavy (non-hydrogen) atoms. The molecule has 534 valence electrons. The first-order valence-corrected chi connectivity index (χ1v) is 39.4. The first kappa shape index (κ1) is 64.5. The zero-order valence-corrected chi connectivity index (χ0v) is 62.3. The topological polar surface area (TPSA) is 113 Å². The van der Waals surface area contributed by atoms with E-state index in [2.05, 4.69) is 355 Å². The van der Waals surface area contributed by atoms with Crippen LogP contribution in [0.4, 0.5) is 0 Å². The molecule has 7 heterocycles. The smallest absolute Gasteiger partial charge is 0.164 e. The average molecular weight is 1490 g/mol. The largest absolute Gasteiger partial charge is 0.456 e. The van der Waals surface area contributed by atoms with Gasteiger partial charge in [0.1, 0.15) is 22.3 Å². The summed E-state index contributed by atoms with van der Waals surface area (Å²) in [6.45, 7) is 0. The fourth-order valence-electron chi connectivity index (χ4n) is 17.8. The van der Waals surface area contributed by atoms with Gasteiger partial charge in [-0.05, 0) is 139 Å². The average Bonchev–Trinajstić information content (AvgIpc) is 1.60. The van der Waals surface area contributed by atoms with Crippen molar-refractivity contribution < 1.29 is 8.83 Å². The summed E-state index contributed by atoms with van der Waals surface area (Å²) in [6, 6.07) is 128. The third kappa shape index (κ3) is 10.3. The highest BCUT2D eigenvalue weighted by Crippen LogP contribution is 2.47. The number of benzene rings is 18. The third-order valence-electron chi connectivity index (χ3n) is 23.0. The van der Waals surface area contributed by atoms with Crippen LogP contribution < -0.4 is 0 Å². The Labute approximate surface area is 660 Å². The van der Waals surface area contributed by atoms with Crippen LogP contribution in [0.2, 0.25) is 0 Å². The van der Waals surface area contributed by atoms with Gasteiger partial charge in [0.25, 0.3) is 0 Å². The zero-order valence-electron chi connectivity index (χ0n) is 61.4. The maximum atomic E-state index is 6.90. The third-order valence-corrected chi connectivity index (χ3v) is 24.2. The van der Waals surface area contributed by atoms with E-state index in [0.717, 1.165) is 143 Å². The quantitative estimate of drug-likeness (QED) is 0.148. The summed E-state index contributed by atoms with van der Waals surface area (Å²) in [4.78, 5) is 31.2. The lowest BCUT2D eigenvalue weighted by Crippen LogP contribution is -2.01. The maximum Gasteiger partial charge on any atom is 0.164 e. The Morgan fingerprint density at radius 2 is 0.609 bits per heavy atom. The van der Waals surface area contributed by atoms with Gasteiger partial charge in [0.05, 0.1) is 22.1 Å². The SMILES string of the molecule is c1ccc(-c2nc(-c3cc4oc5cc(-n6c7ccccc7c7c8ccccc8ccc76)ccc5c4c4ccccc34)nc(-c3cccc4sc5ccccc5c34)n2)cc1.c1ccc2cc(-c3nc(-c4ccc5ccccc5c4)nc(-c4cc5oc6cc(-n7c8ccccc8c8ccccc87)ccc6c5c5ccccc45)n3)ccc2c1. The number of hydrogen-bond acceptors (Lipinski definition) is 9. The number of rotatable bonds is 8. The number of fused-ring (bicyclic) bond motifs is 23. The molecule has 0 bridgehead atoms. The van der Waals surface area contributed by atoms with E-state index in [0.29, 0.717) is 34.9 Å². The molecule has 10 nitrogen and oxygen atoms in total. The van der Waals surface area contributed by atoms with E-state index in [4.69, 9.17) is 38.7 Å². The van der Waals surface area contributed by atoms with Crippen LogP contribution in [0.15, 0.2) is 373 Å². The fourth-order valence-corrected chi connectivity index (χ4v) is 19.0. The number of aromatic nitrogens is 8. The van der Waals surface area contributed by atoms with Gasteiger partial charge in [-0.2, -0.15) is 0 Å². The van der Waals surface area contributed by atoms with Crippen LogP contribution in [-0.2, 0) is 0 Å². The van der Waals surface area contributed by atoms with Crippen LogP contribution in [-0.4, -0.2) is 39.0 Å². The van der Waals surface area contributed by atoms with E-state index in [1.54, 1.807) is 11.3 Å². The van der Waals surface area contributed by atoms with Gasteiger partial charge in [-0.15, -0.1) is 11.3 Å². The lowest BCUT2D eigenvalue weighted by atomic mass is 9.98. The Morgan fingerprint density at radius 1 is 0.200 bits per heavy atom. The van der Waals surface area contributed by atoms with Gasteiger partial charge >= 0.3 is 0 Å². The number of furan rings is 2.